The molecular formula is C20H25ClN4O. The summed E-state index contributed by atoms with van der Waals surface area (Å²) < 4.78 is 0. The third kappa shape index (κ3) is 4.15. The number of halogens is 1. The fourth-order valence-corrected chi connectivity index (χ4v) is 3.59. The van der Waals surface area contributed by atoms with E-state index in [0.717, 1.165) is 30.8 Å². The Morgan fingerprint density at radius 3 is 2.81 bits per heavy atom. The first-order valence-electron chi connectivity index (χ1n) is 9.17. The molecule has 1 aromatic heterocycles. The standard InChI is InChI=1S/C20H25ClN4O/c1-4-16-7-5-6-10-25(16)19-12-18(22-14(3)23-19)20(26)24-15-9-8-13(2)17(21)11-15/h8-9,11-12,16H,4-7,10H2,1-3H3,(H,24,26). The Hall–Kier alpha value is -2.14. The highest BCUT2D eigenvalue weighted by atomic mass is 35.5. The van der Waals surface area contributed by atoms with Crippen molar-refractivity contribution in [3.05, 3.63) is 46.4 Å². The fraction of sp³-hybridized carbons (Fsp3) is 0.450. The van der Waals surface area contributed by atoms with Gasteiger partial charge in [0.15, 0.2) is 0 Å². The molecule has 2 heterocycles. The second kappa shape index (κ2) is 8.04. The summed E-state index contributed by atoms with van der Waals surface area (Å²) in [6.07, 6.45) is 4.65. The number of aromatic nitrogens is 2. The van der Waals surface area contributed by atoms with E-state index >= 15 is 0 Å². The van der Waals surface area contributed by atoms with Crippen LogP contribution in [0.25, 0.3) is 0 Å². The molecule has 138 valence electrons. The molecule has 1 atom stereocenters. The Labute approximate surface area is 159 Å². The molecule has 0 spiro atoms. The van der Waals surface area contributed by atoms with Gasteiger partial charge in [0.25, 0.3) is 5.91 Å². The number of nitrogens with one attached hydrogen (secondary N) is 1. The van der Waals surface area contributed by atoms with Crippen LogP contribution in [0.5, 0.6) is 0 Å². The number of piperidine rings is 1. The van der Waals surface area contributed by atoms with E-state index in [1.165, 1.54) is 12.8 Å². The first kappa shape index (κ1) is 18.6. The van der Waals surface area contributed by atoms with Crippen LogP contribution in [-0.4, -0.2) is 28.5 Å². The van der Waals surface area contributed by atoms with Crippen molar-refractivity contribution < 1.29 is 4.79 Å². The van der Waals surface area contributed by atoms with Gasteiger partial charge in [0.2, 0.25) is 0 Å². The van der Waals surface area contributed by atoms with E-state index in [1.54, 1.807) is 12.1 Å². The molecule has 0 bridgehead atoms. The molecule has 26 heavy (non-hydrogen) atoms. The summed E-state index contributed by atoms with van der Waals surface area (Å²) in [7, 11) is 0. The number of anilines is 2. The van der Waals surface area contributed by atoms with Crippen molar-refractivity contribution in [3.63, 3.8) is 0 Å². The lowest BCUT2D eigenvalue weighted by Crippen LogP contribution is -2.40. The molecule has 0 aliphatic carbocycles. The number of hydrogen-bond donors (Lipinski definition) is 1. The zero-order valence-corrected chi connectivity index (χ0v) is 16.3. The number of hydrogen-bond acceptors (Lipinski definition) is 4. The van der Waals surface area contributed by atoms with E-state index in [-0.39, 0.29) is 5.91 Å². The van der Waals surface area contributed by atoms with Gasteiger partial charge in [-0.05, 0) is 57.2 Å². The van der Waals surface area contributed by atoms with Gasteiger partial charge >= 0.3 is 0 Å². The molecule has 3 rings (SSSR count). The molecule has 5 nitrogen and oxygen atoms in total. The average Bonchev–Trinajstić information content (AvgIpc) is 2.64. The Kier molecular flexibility index (Phi) is 5.77. The molecule has 1 saturated heterocycles. The second-order valence-corrected chi connectivity index (χ2v) is 7.24. The first-order chi connectivity index (χ1) is 12.5. The van der Waals surface area contributed by atoms with Gasteiger partial charge in [-0.25, -0.2) is 9.97 Å². The molecule has 1 aliphatic rings. The maximum absolute atomic E-state index is 12.7. The highest BCUT2D eigenvalue weighted by molar-refractivity contribution is 6.31. The third-order valence-corrected chi connectivity index (χ3v) is 5.29. The minimum absolute atomic E-state index is 0.248. The van der Waals surface area contributed by atoms with Crippen molar-refractivity contribution >= 4 is 29.0 Å². The van der Waals surface area contributed by atoms with E-state index in [2.05, 4.69) is 27.1 Å². The number of benzene rings is 1. The summed E-state index contributed by atoms with van der Waals surface area (Å²) >= 11 is 6.14. The monoisotopic (exact) mass is 372 g/mol. The number of nitrogens with zero attached hydrogens (tertiary/aromatic N) is 3. The van der Waals surface area contributed by atoms with Crippen molar-refractivity contribution in [1.29, 1.82) is 0 Å². The van der Waals surface area contributed by atoms with Gasteiger partial charge in [0.05, 0.1) is 0 Å². The maximum atomic E-state index is 12.7. The molecule has 0 radical (unpaired) electrons. The largest absolute Gasteiger partial charge is 0.354 e. The summed E-state index contributed by atoms with van der Waals surface area (Å²) in [5, 5.41) is 3.50. The van der Waals surface area contributed by atoms with Gasteiger partial charge < -0.3 is 10.2 Å². The highest BCUT2D eigenvalue weighted by Gasteiger charge is 2.23. The van der Waals surface area contributed by atoms with E-state index in [1.807, 2.05) is 26.0 Å². The summed E-state index contributed by atoms with van der Waals surface area (Å²) in [5.74, 6) is 1.20. The predicted octanol–water partition coefficient (Wildman–Crippen LogP) is 4.77. The van der Waals surface area contributed by atoms with E-state index in [4.69, 9.17) is 11.6 Å². The predicted molar refractivity (Wildman–Crippen MR) is 106 cm³/mol. The minimum Gasteiger partial charge on any atom is -0.354 e. The minimum atomic E-state index is -0.248. The van der Waals surface area contributed by atoms with Crippen LogP contribution in [0.15, 0.2) is 24.3 Å². The second-order valence-electron chi connectivity index (χ2n) is 6.83. The molecule has 1 amide bonds. The number of carbonyl (C=O) groups excluding carboxylic acids is 1. The van der Waals surface area contributed by atoms with Gasteiger partial charge in [0, 0.05) is 29.4 Å². The molecule has 6 heteroatoms. The van der Waals surface area contributed by atoms with Crippen LogP contribution in [0, 0.1) is 13.8 Å². The molecule has 1 aliphatic heterocycles. The maximum Gasteiger partial charge on any atom is 0.274 e. The quantitative estimate of drug-likeness (QED) is 0.839. The van der Waals surface area contributed by atoms with Crippen molar-refractivity contribution in [2.45, 2.75) is 52.5 Å². The lowest BCUT2D eigenvalue weighted by Gasteiger charge is -2.36. The van der Waals surface area contributed by atoms with Crippen LogP contribution in [0.4, 0.5) is 11.5 Å². The van der Waals surface area contributed by atoms with Crippen molar-refractivity contribution in [1.82, 2.24) is 9.97 Å². The van der Waals surface area contributed by atoms with Gasteiger partial charge in [-0.15, -0.1) is 0 Å². The number of aryl methyl sites for hydroxylation is 2. The van der Waals surface area contributed by atoms with E-state index in [0.29, 0.717) is 28.3 Å². The zero-order chi connectivity index (χ0) is 18.7. The van der Waals surface area contributed by atoms with Crippen molar-refractivity contribution in [2.75, 3.05) is 16.8 Å². The van der Waals surface area contributed by atoms with E-state index in [9.17, 15) is 4.79 Å². The Bertz CT molecular complexity index is 808. The lowest BCUT2D eigenvalue weighted by molar-refractivity contribution is 0.102. The summed E-state index contributed by atoms with van der Waals surface area (Å²) in [4.78, 5) is 23.9. The SMILES string of the molecule is CCC1CCCCN1c1cc(C(=O)Nc2ccc(C)c(Cl)c2)nc(C)n1. The molecule has 1 N–H and O–H groups in total. The highest BCUT2D eigenvalue weighted by Crippen LogP contribution is 2.26. The number of carbonyl (C=O) groups is 1. The summed E-state index contributed by atoms with van der Waals surface area (Å²) in [6, 6.07) is 7.75. The normalized spacial score (nSPS) is 17.2. The van der Waals surface area contributed by atoms with Crippen LogP contribution in [0.3, 0.4) is 0 Å². The molecule has 2 aromatic rings. The van der Waals surface area contributed by atoms with E-state index < -0.39 is 0 Å². The van der Waals surface area contributed by atoms with Crippen LogP contribution in [0.2, 0.25) is 5.02 Å². The first-order valence-corrected chi connectivity index (χ1v) is 9.55. The van der Waals surface area contributed by atoms with Gasteiger partial charge in [-0.2, -0.15) is 0 Å². The van der Waals surface area contributed by atoms with Crippen LogP contribution < -0.4 is 10.2 Å². The smallest absolute Gasteiger partial charge is 0.274 e. The third-order valence-electron chi connectivity index (χ3n) is 4.88. The Morgan fingerprint density at radius 1 is 1.27 bits per heavy atom. The Balaban J connectivity index is 1.84. The topological polar surface area (TPSA) is 58.1 Å². The summed E-state index contributed by atoms with van der Waals surface area (Å²) in [5.41, 5.74) is 2.01. The summed E-state index contributed by atoms with van der Waals surface area (Å²) in [6.45, 7) is 6.93. The average molecular weight is 373 g/mol. The molecule has 0 saturated carbocycles. The fourth-order valence-electron chi connectivity index (χ4n) is 3.41. The number of rotatable bonds is 4. The van der Waals surface area contributed by atoms with Crippen LogP contribution in [-0.2, 0) is 0 Å². The molecule has 1 aromatic carbocycles. The molecule has 1 fully saturated rings. The van der Waals surface area contributed by atoms with Gasteiger partial charge in [-0.1, -0.05) is 24.6 Å². The molecular weight excluding hydrogens is 348 g/mol. The van der Waals surface area contributed by atoms with Crippen LogP contribution in [0.1, 0.15) is 54.5 Å². The zero-order valence-electron chi connectivity index (χ0n) is 15.6. The van der Waals surface area contributed by atoms with Crippen molar-refractivity contribution in [2.24, 2.45) is 0 Å². The van der Waals surface area contributed by atoms with Crippen molar-refractivity contribution in [3.8, 4) is 0 Å². The van der Waals surface area contributed by atoms with Gasteiger partial charge in [-0.3, -0.25) is 4.79 Å². The molecule has 1 unspecified atom stereocenters. The van der Waals surface area contributed by atoms with Gasteiger partial charge in [0.1, 0.15) is 17.3 Å². The number of amides is 1. The lowest BCUT2D eigenvalue weighted by atomic mass is 10.00. The Morgan fingerprint density at radius 2 is 2.08 bits per heavy atom. The van der Waals surface area contributed by atoms with Crippen LogP contribution >= 0.6 is 11.6 Å².